The van der Waals surface area contributed by atoms with Crippen molar-refractivity contribution >= 4 is 5.91 Å². The molecular weight excluding hydrogens is 226 g/mol. The van der Waals surface area contributed by atoms with E-state index in [1.807, 2.05) is 4.90 Å². The molecule has 1 amide bonds. The first-order chi connectivity index (χ1) is 8.59. The van der Waals surface area contributed by atoms with Crippen molar-refractivity contribution in [2.75, 3.05) is 39.3 Å². The lowest BCUT2D eigenvalue weighted by molar-refractivity contribution is -0.136. The first-order valence-electron chi connectivity index (χ1n) is 7.33. The van der Waals surface area contributed by atoms with E-state index in [1.54, 1.807) is 0 Å². The predicted molar refractivity (Wildman–Crippen MR) is 73.4 cm³/mol. The highest BCUT2D eigenvalue weighted by molar-refractivity contribution is 5.81. The van der Waals surface area contributed by atoms with Gasteiger partial charge in [-0.15, -0.1) is 0 Å². The molecule has 0 bridgehead atoms. The molecule has 4 heteroatoms. The molecule has 4 nitrogen and oxygen atoms in total. The second-order valence-electron chi connectivity index (χ2n) is 6.04. The topological polar surface area (TPSA) is 35.6 Å². The number of rotatable bonds is 3. The zero-order valence-corrected chi connectivity index (χ0v) is 12.0. The number of piperazine rings is 1. The van der Waals surface area contributed by atoms with Crippen molar-refractivity contribution in [1.29, 1.82) is 0 Å². The zero-order chi connectivity index (χ0) is 13.1. The van der Waals surface area contributed by atoms with Gasteiger partial charge in [0.15, 0.2) is 0 Å². The molecule has 0 aromatic heterocycles. The lowest BCUT2D eigenvalue weighted by Gasteiger charge is -2.33. The molecule has 2 aliphatic heterocycles. The van der Waals surface area contributed by atoms with Crippen LogP contribution in [0.5, 0.6) is 0 Å². The smallest absolute Gasteiger partial charge is 0.239 e. The van der Waals surface area contributed by atoms with Crippen LogP contribution >= 0.6 is 0 Å². The normalized spacial score (nSPS) is 27.8. The van der Waals surface area contributed by atoms with Crippen molar-refractivity contribution < 1.29 is 4.79 Å². The fraction of sp³-hybridized carbons (Fsp3) is 0.929. The van der Waals surface area contributed by atoms with E-state index in [9.17, 15) is 4.79 Å². The molecule has 0 radical (unpaired) electrons. The third-order valence-electron chi connectivity index (χ3n) is 4.53. The van der Waals surface area contributed by atoms with E-state index in [4.69, 9.17) is 0 Å². The number of carbonyl (C=O) groups is 1. The molecule has 2 heterocycles. The van der Waals surface area contributed by atoms with E-state index < -0.39 is 0 Å². The lowest BCUT2D eigenvalue weighted by atomic mass is 9.95. The van der Waals surface area contributed by atoms with Crippen molar-refractivity contribution in [2.45, 2.75) is 33.2 Å². The van der Waals surface area contributed by atoms with Gasteiger partial charge in [-0.2, -0.15) is 0 Å². The van der Waals surface area contributed by atoms with Crippen LogP contribution in [0.4, 0.5) is 0 Å². The van der Waals surface area contributed by atoms with Crippen molar-refractivity contribution in [1.82, 2.24) is 15.1 Å². The Balaban J connectivity index is 1.87. The molecular formula is C14H27N3O. The highest BCUT2D eigenvalue weighted by Crippen LogP contribution is 2.25. The van der Waals surface area contributed by atoms with Gasteiger partial charge in [-0.05, 0) is 31.7 Å². The molecule has 104 valence electrons. The number of nitrogens with one attached hydrogen (secondary N) is 1. The van der Waals surface area contributed by atoms with Gasteiger partial charge in [0, 0.05) is 32.7 Å². The summed E-state index contributed by atoms with van der Waals surface area (Å²) < 4.78 is 0. The van der Waals surface area contributed by atoms with Gasteiger partial charge >= 0.3 is 0 Å². The van der Waals surface area contributed by atoms with Crippen molar-refractivity contribution in [2.24, 2.45) is 11.8 Å². The summed E-state index contributed by atoms with van der Waals surface area (Å²) in [5, 5.41) is 3.29. The molecule has 2 saturated heterocycles. The molecule has 0 aromatic carbocycles. The molecule has 18 heavy (non-hydrogen) atoms. The minimum Gasteiger partial charge on any atom is -0.339 e. The minimum atomic E-state index is 0.0619. The number of nitrogens with zero attached hydrogens (tertiary/aromatic N) is 2. The maximum absolute atomic E-state index is 12.4. The van der Waals surface area contributed by atoms with E-state index in [0.29, 0.717) is 5.91 Å². The van der Waals surface area contributed by atoms with Gasteiger partial charge in [0.1, 0.15) is 0 Å². The van der Waals surface area contributed by atoms with E-state index >= 15 is 0 Å². The summed E-state index contributed by atoms with van der Waals surface area (Å²) in [6.45, 7) is 12.4. The molecule has 0 spiro atoms. The molecule has 0 aliphatic carbocycles. The molecule has 0 saturated carbocycles. The van der Waals surface area contributed by atoms with Crippen LogP contribution in [0.1, 0.15) is 27.2 Å². The average Bonchev–Trinajstić information content (AvgIpc) is 2.88. The maximum Gasteiger partial charge on any atom is 0.239 e. The number of amides is 1. The number of carbonyl (C=O) groups excluding carboxylic acids is 1. The van der Waals surface area contributed by atoms with Crippen molar-refractivity contribution in [3.63, 3.8) is 0 Å². The summed E-state index contributed by atoms with van der Waals surface area (Å²) in [6, 6.07) is 0.0619. The van der Waals surface area contributed by atoms with Crippen LogP contribution in [-0.2, 0) is 4.79 Å². The summed E-state index contributed by atoms with van der Waals surface area (Å²) in [4.78, 5) is 16.8. The van der Waals surface area contributed by atoms with Crippen LogP contribution < -0.4 is 5.32 Å². The number of hydrogen-bond acceptors (Lipinski definition) is 3. The molecule has 2 unspecified atom stereocenters. The van der Waals surface area contributed by atoms with Gasteiger partial charge in [-0.3, -0.25) is 9.69 Å². The minimum absolute atomic E-state index is 0.0619. The Morgan fingerprint density at radius 1 is 1.17 bits per heavy atom. The van der Waals surface area contributed by atoms with Crippen molar-refractivity contribution in [3.05, 3.63) is 0 Å². The molecule has 0 aromatic rings. The summed E-state index contributed by atoms with van der Waals surface area (Å²) in [5.74, 6) is 1.82. The van der Waals surface area contributed by atoms with Gasteiger partial charge < -0.3 is 10.2 Å². The quantitative estimate of drug-likeness (QED) is 0.807. The monoisotopic (exact) mass is 253 g/mol. The molecule has 2 atom stereocenters. The van der Waals surface area contributed by atoms with Crippen molar-refractivity contribution in [3.8, 4) is 0 Å². The van der Waals surface area contributed by atoms with Crippen LogP contribution in [0.25, 0.3) is 0 Å². The van der Waals surface area contributed by atoms with Gasteiger partial charge in [0.2, 0.25) is 5.91 Å². The van der Waals surface area contributed by atoms with Crippen LogP contribution in [-0.4, -0.2) is 61.0 Å². The summed E-state index contributed by atoms with van der Waals surface area (Å²) in [6.07, 6.45) is 1.25. The van der Waals surface area contributed by atoms with E-state index in [0.717, 1.165) is 51.1 Å². The predicted octanol–water partition coefficient (Wildman–Crippen LogP) is 0.785. The first kappa shape index (κ1) is 13.8. The van der Waals surface area contributed by atoms with Crippen LogP contribution in [0.3, 0.4) is 0 Å². The first-order valence-corrected chi connectivity index (χ1v) is 7.33. The number of likely N-dealkylation sites (tertiary alicyclic amines) is 1. The Bertz CT molecular complexity index is 287. The van der Waals surface area contributed by atoms with Crippen LogP contribution in [0.2, 0.25) is 0 Å². The molecule has 2 rings (SSSR count). The Kier molecular flexibility index (Phi) is 4.62. The van der Waals surface area contributed by atoms with Crippen LogP contribution in [0, 0.1) is 11.8 Å². The Labute approximate surface area is 111 Å². The van der Waals surface area contributed by atoms with E-state index in [2.05, 4.69) is 31.0 Å². The summed E-state index contributed by atoms with van der Waals surface area (Å²) >= 11 is 0. The lowest BCUT2D eigenvalue weighted by Crippen LogP contribution is -2.52. The number of hydrogen-bond donors (Lipinski definition) is 1. The van der Waals surface area contributed by atoms with Crippen LogP contribution in [0.15, 0.2) is 0 Å². The second-order valence-corrected chi connectivity index (χ2v) is 6.04. The fourth-order valence-corrected chi connectivity index (χ4v) is 3.02. The van der Waals surface area contributed by atoms with Gasteiger partial charge in [0.05, 0.1) is 6.04 Å². The average molecular weight is 253 g/mol. The second kappa shape index (κ2) is 6.02. The molecule has 2 aliphatic rings. The largest absolute Gasteiger partial charge is 0.339 e. The van der Waals surface area contributed by atoms with Gasteiger partial charge in [-0.1, -0.05) is 13.8 Å². The fourth-order valence-electron chi connectivity index (χ4n) is 3.02. The Morgan fingerprint density at radius 2 is 1.83 bits per heavy atom. The highest BCUT2D eigenvalue weighted by atomic mass is 16.2. The van der Waals surface area contributed by atoms with Gasteiger partial charge in [-0.25, -0.2) is 0 Å². The standard InChI is InChI=1S/C14H27N3O/c1-11(2)13-4-7-17(10-13)12(3)14(18)16-8-5-15-6-9-16/h11-13,15H,4-10H2,1-3H3. The molecule has 1 N–H and O–H groups in total. The van der Waals surface area contributed by atoms with E-state index in [1.165, 1.54) is 6.42 Å². The Morgan fingerprint density at radius 3 is 2.39 bits per heavy atom. The maximum atomic E-state index is 12.4. The highest BCUT2D eigenvalue weighted by Gasteiger charge is 2.32. The van der Waals surface area contributed by atoms with Gasteiger partial charge in [0.25, 0.3) is 0 Å². The molecule has 2 fully saturated rings. The summed E-state index contributed by atoms with van der Waals surface area (Å²) in [7, 11) is 0. The zero-order valence-electron chi connectivity index (χ0n) is 12.0. The third-order valence-corrected chi connectivity index (χ3v) is 4.53. The summed E-state index contributed by atoms with van der Waals surface area (Å²) in [5.41, 5.74) is 0. The third kappa shape index (κ3) is 3.04. The SMILES string of the molecule is CC(C)C1CCN(C(C)C(=O)N2CCNCC2)C1. The Hall–Kier alpha value is -0.610. The van der Waals surface area contributed by atoms with E-state index in [-0.39, 0.29) is 6.04 Å².